The third kappa shape index (κ3) is 4.19. The van der Waals surface area contributed by atoms with Crippen LogP contribution in [-0.4, -0.2) is 25.1 Å². The van der Waals surface area contributed by atoms with Gasteiger partial charge in [0.2, 0.25) is 0 Å². The summed E-state index contributed by atoms with van der Waals surface area (Å²) in [5, 5.41) is 3.29. The fourth-order valence-electron chi connectivity index (χ4n) is 1.71. The zero-order valence-electron chi connectivity index (χ0n) is 10.8. The highest BCUT2D eigenvalue weighted by molar-refractivity contribution is 5.45. The van der Waals surface area contributed by atoms with Crippen LogP contribution in [0.1, 0.15) is 26.5 Å². The van der Waals surface area contributed by atoms with Crippen molar-refractivity contribution in [2.45, 2.75) is 27.3 Å². The molecule has 0 bridgehead atoms. The van der Waals surface area contributed by atoms with E-state index in [1.165, 1.54) is 5.69 Å². The predicted molar refractivity (Wildman–Crippen MR) is 69.7 cm³/mol. The van der Waals surface area contributed by atoms with Gasteiger partial charge in [0.15, 0.2) is 0 Å². The molecule has 0 radical (unpaired) electrons. The first-order valence-corrected chi connectivity index (χ1v) is 6.00. The van der Waals surface area contributed by atoms with Crippen LogP contribution < -0.4 is 10.2 Å². The lowest BCUT2D eigenvalue weighted by Crippen LogP contribution is -2.23. The van der Waals surface area contributed by atoms with Crippen molar-refractivity contribution in [2.75, 3.05) is 25.0 Å². The number of anilines is 1. The van der Waals surface area contributed by atoms with Gasteiger partial charge in [-0.15, -0.1) is 0 Å². The van der Waals surface area contributed by atoms with Crippen LogP contribution in [0.4, 0.5) is 5.69 Å². The first-order valence-electron chi connectivity index (χ1n) is 6.00. The summed E-state index contributed by atoms with van der Waals surface area (Å²) >= 11 is 0. The molecule has 0 amide bonds. The van der Waals surface area contributed by atoms with E-state index >= 15 is 0 Å². The minimum absolute atomic E-state index is 0.676. The minimum atomic E-state index is 0.676. The number of aromatic nitrogens is 1. The molecule has 0 fully saturated rings. The second-order valence-electron chi connectivity index (χ2n) is 4.56. The number of rotatable bonds is 6. The Balaban J connectivity index is 2.65. The van der Waals surface area contributed by atoms with E-state index in [9.17, 15) is 0 Å². The van der Waals surface area contributed by atoms with Crippen LogP contribution in [0.5, 0.6) is 0 Å². The molecule has 3 heteroatoms. The Bertz CT molecular complexity index is 310. The van der Waals surface area contributed by atoms with E-state index < -0.39 is 0 Å². The molecule has 1 heterocycles. The van der Waals surface area contributed by atoms with E-state index in [0.717, 1.165) is 25.3 Å². The number of nitrogens with one attached hydrogen (secondary N) is 1. The van der Waals surface area contributed by atoms with E-state index in [4.69, 9.17) is 0 Å². The molecule has 0 aliphatic heterocycles. The molecule has 0 saturated heterocycles. The highest BCUT2D eigenvalue weighted by Gasteiger charge is 2.04. The van der Waals surface area contributed by atoms with Gasteiger partial charge in [-0.2, -0.15) is 0 Å². The molecule has 1 aromatic heterocycles. The van der Waals surface area contributed by atoms with Crippen molar-refractivity contribution in [3.63, 3.8) is 0 Å². The SMILES string of the molecule is CCNCc1cc(N(C)CC(C)C)ccn1. The molecule has 0 saturated carbocycles. The van der Waals surface area contributed by atoms with Gasteiger partial charge in [-0.05, 0) is 24.6 Å². The Morgan fingerprint density at radius 2 is 2.19 bits per heavy atom. The van der Waals surface area contributed by atoms with Crippen molar-refractivity contribution in [3.8, 4) is 0 Å². The molecule has 3 nitrogen and oxygen atoms in total. The second-order valence-corrected chi connectivity index (χ2v) is 4.56. The maximum atomic E-state index is 4.35. The summed E-state index contributed by atoms with van der Waals surface area (Å²) in [6.07, 6.45) is 1.89. The molecule has 1 N–H and O–H groups in total. The highest BCUT2D eigenvalue weighted by atomic mass is 15.1. The van der Waals surface area contributed by atoms with Crippen LogP contribution >= 0.6 is 0 Å². The van der Waals surface area contributed by atoms with Gasteiger partial charge in [0.05, 0.1) is 5.69 Å². The monoisotopic (exact) mass is 221 g/mol. The number of nitrogens with zero attached hydrogens (tertiary/aromatic N) is 2. The maximum absolute atomic E-state index is 4.35. The van der Waals surface area contributed by atoms with Gasteiger partial charge in [-0.3, -0.25) is 4.98 Å². The number of pyridine rings is 1. The first-order chi connectivity index (χ1) is 7.63. The molecule has 16 heavy (non-hydrogen) atoms. The molecule has 0 atom stereocenters. The summed E-state index contributed by atoms with van der Waals surface area (Å²) in [7, 11) is 2.13. The second kappa shape index (κ2) is 6.48. The molecule has 0 aliphatic rings. The third-order valence-corrected chi connectivity index (χ3v) is 2.44. The molecule has 1 rings (SSSR count). The first kappa shape index (κ1) is 13.0. The van der Waals surface area contributed by atoms with Gasteiger partial charge in [0, 0.05) is 32.0 Å². The van der Waals surface area contributed by atoms with Crippen LogP contribution in [-0.2, 0) is 6.54 Å². The van der Waals surface area contributed by atoms with Gasteiger partial charge in [-0.25, -0.2) is 0 Å². The van der Waals surface area contributed by atoms with Crippen molar-refractivity contribution < 1.29 is 0 Å². The number of hydrogen-bond acceptors (Lipinski definition) is 3. The molecule has 90 valence electrons. The fourth-order valence-corrected chi connectivity index (χ4v) is 1.71. The molecule has 0 unspecified atom stereocenters. The summed E-state index contributed by atoms with van der Waals surface area (Å²) in [5.74, 6) is 0.676. The van der Waals surface area contributed by atoms with Crippen LogP contribution in [0.2, 0.25) is 0 Å². The zero-order valence-corrected chi connectivity index (χ0v) is 10.8. The Morgan fingerprint density at radius 3 is 2.81 bits per heavy atom. The molecule has 1 aromatic rings. The van der Waals surface area contributed by atoms with Crippen molar-refractivity contribution >= 4 is 5.69 Å². The summed E-state index contributed by atoms with van der Waals surface area (Å²) in [4.78, 5) is 6.63. The van der Waals surface area contributed by atoms with Crippen molar-refractivity contribution in [1.29, 1.82) is 0 Å². The summed E-state index contributed by atoms with van der Waals surface area (Å²) in [5.41, 5.74) is 2.35. The Hall–Kier alpha value is -1.09. The summed E-state index contributed by atoms with van der Waals surface area (Å²) < 4.78 is 0. The molecular weight excluding hydrogens is 198 g/mol. The number of hydrogen-bond donors (Lipinski definition) is 1. The van der Waals surface area contributed by atoms with Gasteiger partial charge in [0.1, 0.15) is 0 Å². The van der Waals surface area contributed by atoms with Crippen molar-refractivity contribution in [1.82, 2.24) is 10.3 Å². The average Bonchev–Trinajstić information content (AvgIpc) is 2.26. The fraction of sp³-hybridized carbons (Fsp3) is 0.615. The topological polar surface area (TPSA) is 28.2 Å². The zero-order chi connectivity index (χ0) is 12.0. The third-order valence-electron chi connectivity index (χ3n) is 2.44. The Morgan fingerprint density at radius 1 is 1.44 bits per heavy atom. The van der Waals surface area contributed by atoms with Crippen LogP contribution in [0.3, 0.4) is 0 Å². The lowest BCUT2D eigenvalue weighted by molar-refractivity contribution is 0.637. The smallest absolute Gasteiger partial charge is 0.0562 e. The predicted octanol–water partition coefficient (Wildman–Crippen LogP) is 2.28. The summed E-state index contributed by atoms with van der Waals surface area (Å²) in [6.45, 7) is 9.47. The molecule has 0 aromatic carbocycles. The van der Waals surface area contributed by atoms with Crippen molar-refractivity contribution in [2.24, 2.45) is 5.92 Å². The van der Waals surface area contributed by atoms with Gasteiger partial charge in [0.25, 0.3) is 0 Å². The average molecular weight is 221 g/mol. The van der Waals surface area contributed by atoms with Crippen LogP contribution in [0, 0.1) is 5.92 Å². The molecular formula is C13H23N3. The highest BCUT2D eigenvalue weighted by Crippen LogP contribution is 2.14. The van der Waals surface area contributed by atoms with Crippen molar-refractivity contribution in [3.05, 3.63) is 24.0 Å². The lowest BCUT2D eigenvalue weighted by Gasteiger charge is -2.21. The minimum Gasteiger partial charge on any atom is -0.374 e. The standard InChI is InChI=1S/C13H23N3/c1-5-14-9-12-8-13(6-7-15-12)16(4)10-11(2)3/h6-8,11,14H,5,9-10H2,1-4H3. The van der Waals surface area contributed by atoms with Gasteiger partial charge >= 0.3 is 0 Å². The van der Waals surface area contributed by atoms with E-state index in [1.54, 1.807) is 0 Å². The quantitative estimate of drug-likeness (QED) is 0.799. The van der Waals surface area contributed by atoms with Crippen LogP contribution in [0.25, 0.3) is 0 Å². The van der Waals surface area contributed by atoms with E-state index in [2.05, 4.69) is 55.2 Å². The van der Waals surface area contributed by atoms with E-state index in [0.29, 0.717) is 5.92 Å². The summed E-state index contributed by atoms with van der Waals surface area (Å²) in [6, 6.07) is 4.23. The lowest BCUT2D eigenvalue weighted by atomic mass is 10.2. The van der Waals surface area contributed by atoms with Gasteiger partial charge in [-0.1, -0.05) is 20.8 Å². The maximum Gasteiger partial charge on any atom is 0.0562 e. The normalized spacial score (nSPS) is 10.8. The van der Waals surface area contributed by atoms with E-state index in [1.807, 2.05) is 6.20 Å². The van der Waals surface area contributed by atoms with Crippen LogP contribution in [0.15, 0.2) is 18.3 Å². The van der Waals surface area contributed by atoms with Gasteiger partial charge < -0.3 is 10.2 Å². The largest absolute Gasteiger partial charge is 0.374 e. The van der Waals surface area contributed by atoms with E-state index in [-0.39, 0.29) is 0 Å². The molecule has 0 spiro atoms. The molecule has 0 aliphatic carbocycles. The Kier molecular flexibility index (Phi) is 5.26. The Labute approximate surface area is 98.9 Å².